The molecule has 1 aliphatic carbocycles. The Morgan fingerprint density at radius 3 is 1.78 bits per heavy atom. The number of benzene rings is 3. The molecule has 0 aliphatic heterocycles. The molecule has 0 spiro atoms. The molecule has 0 amide bonds. The molecule has 3 aromatic carbocycles. The van der Waals surface area contributed by atoms with Crippen LogP contribution < -0.4 is 0 Å². The summed E-state index contributed by atoms with van der Waals surface area (Å²) in [5, 5.41) is 0. The summed E-state index contributed by atoms with van der Waals surface area (Å²) in [7, 11) is 0. The van der Waals surface area contributed by atoms with Gasteiger partial charge in [0.25, 0.3) is 5.92 Å². The van der Waals surface area contributed by atoms with Crippen molar-refractivity contribution >= 4 is 0 Å². The van der Waals surface area contributed by atoms with Crippen molar-refractivity contribution in [2.75, 3.05) is 0 Å². The second-order valence-electron chi connectivity index (χ2n) is 9.66. The predicted octanol–water partition coefficient (Wildman–Crippen LogP) is 9.15. The van der Waals surface area contributed by atoms with Gasteiger partial charge >= 0.3 is 0 Å². The van der Waals surface area contributed by atoms with Crippen molar-refractivity contribution in [2.24, 2.45) is 5.92 Å². The van der Waals surface area contributed by atoms with E-state index in [1.54, 1.807) is 0 Å². The van der Waals surface area contributed by atoms with Gasteiger partial charge in [0.2, 0.25) is 0 Å². The zero-order chi connectivity index (χ0) is 26.0. The summed E-state index contributed by atoms with van der Waals surface area (Å²) < 4.78 is 99.8. The Kier molecular flexibility index (Phi) is 7.76. The molecular formula is C29H27F7. The van der Waals surface area contributed by atoms with Crippen molar-refractivity contribution < 1.29 is 30.7 Å². The zero-order valence-corrected chi connectivity index (χ0v) is 19.9. The molecule has 0 saturated heterocycles. The van der Waals surface area contributed by atoms with Crippen LogP contribution in [0.5, 0.6) is 0 Å². The van der Waals surface area contributed by atoms with E-state index in [2.05, 4.69) is 6.92 Å². The van der Waals surface area contributed by atoms with Gasteiger partial charge in [-0.2, -0.15) is 0 Å². The van der Waals surface area contributed by atoms with Crippen LogP contribution in [0.3, 0.4) is 0 Å². The largest absolute Gasteiger partial charge is 0.254 e. The fraction of sp³-hybridized carbons (Fsp3) is 0.379. The molecule has 0 nitrogen and oxygen atoms in total. The van der Waals surface area contributed by atoms with Gasteiger partial charge in [0.05, 0.1) is 0 Å². The Morgan fingerprint density at radius 2 is 1.25 bits per heavy atom. The number of alkyl halides is 2. The summed E-state index contributed by atoms with van der Waals surface area (Å²) in [5.41, 5.74) is 1.81. The van der Waals surface area contributed by atoms with E-state index in [0.29, 0.717) is 23.3 Å². The molecule has 0 N–H and O–H groups in total. The minimum atomic E-state index is -3.30. The van der Waals surface area contributed by atoms with Crippen LogP contribution in [0.1, 0.15) is 61.6 Å². The van der Waals surface area contributed by atoms with Crippen molar-refractivity contribution in [1.82, 2.24) is 0 Å². The average molecular weight is 509 g/mol. The average Bonchev–Trinajstić information content (AvgIpc) is 2.83. The van der Waals surface area contributed by atoms with E-state index in [1.165, 1.54) is 12.1 Å². The molecule has 36 heavy (non-hydrogen) atoms. The maximum Gasteiger partial charge on any atom is 0.254 e. The first-order valence-corrected chi connectivity index (χ1v) is 12.2. The number of hydrogen-bond donors (Lipinski definition) is 0. The lowest BCUT2D eigenvalue weighted by atomic mass is 9.75. The lowest BCUT2D eigenvalue weighted by molar-refractivity contribution is -0.0717. The first-order chi connectivity index (χ1) is 17.1. The monoisotopic (exact) mass is 508 g/mol. The summed E-state index contributed by atoms with van der Waals surface area (Å²) in [6.07, 6.45) is 1.30. The third-order valence-corrected chi connectivity index (χ3v) is 7.12. The highest BCUT2D eigenvalue weighted by Crippen LogP contribution is 2.45. The Hall–Kier alpha value is -2.83. The first kappa shape index (κ1) is 26.2. The van der Waals surface area contributed by atoms with Gasteiger partial charge in [-0.05, 0) is 84.5 Å². The van der Waals surface area contributed by atoms with Gasteiger partial charge in [-0.15, -0.1) is 0 Å². The summed E-state index contributed by atoms with van der Waals surface area (Å²) in [6.45, 7) is 2.07. The third-order valence-electron chi connectivity index (χ3n) is 7.12. The number of hydrogen-bond acceptors (Lipinski definition) is 0. The fourth-order valence-corrected chi connectivity index (χ4v) is 5.22. The number of halogens is 7. The molecular weight excluding hydrogens is 481 g/mol. The lowest BCUT2D eigenvalue weighted by Crippen LogP contribution is -2.34. The summed E-state index contributed by atoms with van der Waals surface area (Å²) in [6, 6.07) is 11.2. The molecule has 7 heteroatoms. The van der Waals surface area contributed by atoms with Crippen LogP contribution in [0.25, 0.3) is 11.1 Å². The molecule has 0 unspecified atom stereocenters. The summed E-state index contributed by atoms with van der Waals surface area (Å²) >= 11 is 0. The zero-order valence-electron chi connectivity index (χ0n) is 19.9. The minimum absolute atomic E-state index is 0.00332. The Morgan fingerprint density at radius 1 is 0.694 bits per heavy atom. The van der Waals surface area contributed by atoms with Crippen molar-refractivity contribution in [3.05, 3.63) is 94.3 Å². The van der Waals surface area contributed by atoms with E-state index in [1.807, 2.05) is 24.3 Å². The van der Waals surface area contributed by atoms with E-state index >= 15 is 8.78 Å². The molecule has 0 bridgehead atoms. The second kappa shape index (κ2) is 10.7. The highest BCUT2D eigenvalue weighted by atomic mass is 19.3. The third kappa shape index (κ3) is 5.60. The van der Waals surface area contributed by atoms with E-state index in [-0.39, 0.29) is 36.8 Å². The smallest absolute Gasteiger partial charge is 0.207 e. The molecule has 192 valence electrons. The van der Waals surface area contributed by atoms with E-state index in [0.717, 1.165) is 18.4 Å². The standard InChI is InChI=1S/C29H27F7/c1-2-3-17-4-6-19(7-5-17)21-14-23(30)27(24(31)15-21)20-8-10-22(11-9-20)29(35,36)16-18-12-25(32)28(34)26(33)13-18/h4-7,12-15,20,22H,2-3,8-11,16H2,1H3. The van der Waals surface area contributed by atoms with Crippen LogP contribution in [-0.2, 0) is 12.8 Å². The van der Waals surface area contributed by atoms with Crippen LogP contribution in [-0.4, -0.2) is 5.92 Å². The maximum atomic E-state index is 15.0. The normalized spacial score (nSPS) is 18.4. The molecule has 1 saturated carbocycles. The van der Waals surface area contributed by atoms with Gasteiger partial charge in [-0.1, -0.05) is 37.6 Å². The molecule has 1 aliphatic rings. The number of rotatable bonds is 7. The SMILES string of the molecule is CCCc1ccc(-c2cc(F)c(C3CCC(C(F)(F)Cc4cc(F)c(F)c(F)c4)CC3)c(F)c2)cc1. The predicted molar refractivity (Wildman–Crippen MR) is 125 cm³/mol. The molecule has 0 atom stereocenters. The van der Waals surface area contributed by atoms with Gasteiger partial charge in [-0.25, -0.2) is 30.7 Å². The van der Waals surface area contributed by atoms with E-state index in [4.69, 9.17) is 0 Å². The fourth-order valence-electron chi connectivity index (χ4n) is 5.22. The quantitative estimate of drug-likeness (QED) is 0.221. The maximum absolute atomic E-state index is 15.0. The number of aryl methyl sites for hydroxylation is 1. The molecule has 0 heterocycles. The van der Waals surface area contributed by atoms with Crippen LogP contribution in [0.2, 0.25) is 0 Å². The van der Waals surface area contributed by atoms with Crippen molar-refractivity contribution in [1.29, 1.82) is 0 Å². The highest BCUT2D eigenvalue weighted by Gasteiger charge is 2.42. The van der Waals surface area contributed by atoms with Crippen LogP contribution in [0.4, 0.5) is 30.7 Å². The van der Waals surface area contributed by atoms with Crippen molar-refractivity contribution in [3.8, 4) is 11.1 Å². The van der Waals surface area contributed by atoms with Gasteiger partial charge in [-0.3, -0.25) is 0 Å². The molecule has 1 fully saturated rings. The van der Waals surface area contributed by atoms with Crippen LogP contribution in [0, 0.1) is 35.0 Å². The van der Waals surface area contributed by atoms with Gasteiger partial charge in [0.15, 0.2) is 17.5 Å². The van der Waals surface area contributed by atoms with Crippen molar-refractivity contribution in [2.45, 2.75) is 63.7 Å². The van der Waals surface area contributed by atoms with Gasteiger partial charge in [0.1, 0.15) is 11.6 Å². The van der Waals surface area contributed by atoms with E-state index < -0.39 is 53.3 Å². The summed E-state index contributed by atoms with van der Waals surface area (Å²) in [5.74, 6) is -11.1. The van der Waals surface area contributed by atoms with E-state index in [9.17, 15) is 22.0 Å². The Balaban J connectivity index is 1.45. The Bertz CT molecular complexity index is 1160. The van der Waals surface area contributed by atoms with Gasteiger partial charge < -0.3 is 0 Å². The highest BCUT2D eigenvalue weighted by molar-refractivity contribution is 5.64. The van der Waals surface area contributed by atoms with Crippen LogP contribution >= 0.6 is 0 Å². The Labute approximate surface area is 206 Å². The topological polar surface area (TPSA) is 0 Å². The lowest BCUT2D eigenvalue weighted by Gasteiger charge is -2.34. The molecule has 4 rings (SSSR count). The summed E-state index contributed by atoms with van der Waals surface area (Å²) in [4.78, 5) is 0. The molecule has 3 aromatic rings. The van der Waals surface area contributed by atoms with Crippen molar-refractivity contribution in [3.63, 3.8) is 0 Å². The van der Waals surface area contributed by atoms with Crippen LogP contribution in [0.15, 0.2) is 48.5 Å². The minimum Gasteiger partial charge on any atom is -0.207 e. The second-order valence-corrected chi connectivity index (χ2v) is 9.66. The molecule has 0 radical (unpaired) electrons. The molecule has 0 aromatic heterocycles. The first-order valence-electron chi connectivity index (χ1n) is 12.2. The van der Waals surface area contributed by atoms with Gasteiger partial charge in [0, 0.05) is 17.9 Å².